The van der Waals surface area contributed by atoms with Gasteiger partial charge in [0, 0.05) is 26.6 Å². The lowest BCUT2D eigenvalue weighted by molar-refractivity contribution is -0.151. The number of hydrogen-bond donors (Lipinski definition) is 2. The van der Waals surface area contributed by atoms with Gasteiger partial charge in [0.05, 0.1) is 11.4 Å². The Hall–Kier alpha value is -2.93. The van der Waals surface area contributed by atoms with Crippen LogP contribution >= 0.6 is 46.1 Å². The number of carbonyl (C=O) groups excluding carboxylic acids is 2. The number of aliphatic carboxylic acids is 1. The molecule has 40 heavy (non-hydrogen) atoms. The van der Waals surface area contributed by atoms with Crippen molar-refractivity contribution in [1.82, 2.24) is 10.2 Å². The van der Waals surface area contributed by atoms with Crippen LogP contribution in [-0.4, -0.2) is 56.1 Å². The molecule has 9 nitrogen and oxygen atoms in total. The van der Waals surface area contributed by atoms with Crippen molar-refractivity contribution >= 4 is 75.1 Å². The molecular weight excluding hydrogens is 623 g/mol. The molecule has 0 bridgehead atoms. The molecule has 2 unspecified atom stereocenters. The van der Waals surface area contributed by atoms with Crippen molar-refractivity contribution in [3.8, 4) is 17.2 Å². The molecule has 2 amide bonds. The molecule has 2 aliphatic rings. The minimum absolute atomic E-state index is 0.0623. The van der Waals surface area contributed by atoms with Crippen LogP contribution in [0.25, 0.3) is 0 Å². The van der Waals surface area contributed by atoms with Crippen LogP contribution in [0.3, 0.4) is 0 Å². The lowest BCUT2D eigenvalue weighted by Gasteiger charge is -2.48. The number of carbonyl (C=O) groups is 3. The molecule has 3 aromatic rings. The zero-order valence-electron chi connectivity index (χ0n) is 20.3. The molecule has 5 rings (SSSR count). The van der Waals surface area contributed by atoms with E-state index in [1.165, 1.54) is 23.5 Å². The Balaban J connectivity index is 1.34. The minimum atomic E-state index is -1.70. The average Bonchev–Trinajstić information content (AvgIpc) is 3.41. The highest BCUT2D eigenvalue weighted by atomic mass is 35.5. The van der Waals surface area contributed by atoms with Crippen molar-refractivity contribution in [3.05, 3.63) is 85.1 Å². The van der Waals surface area contributed by atoms with E-state index in [9.17, 15) is 24.0 Å². The number of hydrogen-bond acceptors (Lipinski definition) is 7. The summed E-state index contributed by atoms with van der Waals surface area (Å²) in [5.74, 6) is -1.94. The standard InChI is InChI=1S/C26H19Cl3N2O7S2/c27-14-3-5-18(17(29)8-14)38-19-6-4-15(28)9-20(19)37-11-13-12-40(36)25-22(24(33)31(25)23(13)26(34)35)30-21(32)10-16-2-1-7-39-16/h1-9,22,25H,10-12H2,(H,30,32)(H,34,35)/t22?,25-,40?/m1/s1. The summed E-state index contributed by atoms with van der Waals surface area (Å²) >= 11 is 18.0. The molecule has 0 radical (unpaired) electrons. The van der Waals surface area contributed by atoms with Crippen molar-refractivity contribution in [2.45, 2.75) is 17.8 Å². The number of thiophene rings is 1. The second-order valence-electron chi connectivity index (χ2n) is 8.74. The Kier molecular flexibility index (Phi) is 8.50. The van der Waals surface area contributed by atoms with Gasteiger partial charge in [-0.3, -0.25) is 14.5 Å². The summed E-state index contributed by atoms with van der Waals surface area (Å²) in [5, 5.41) is 14.4. The number of carboxylic acids is 1. The molecule has 1 saturated heterocycles. The van der Waals surface area contributed by atoms with Crippen molar-refractivity contribution in [2.24, 2.45) is 0 Å². The molecule has 1 aromatic heterocycles. The summed E-state index contributed by atoms with van der Waals surface area (Å²) in [4.78, 5) is 39.4. The van der Waals surface area contributed by atoms with Crippen LogP contribution in [0.15, 0.2) is 65.2 Å². The second-order valence-corrected chi connectivity index (χ2v) is 12.6. The molecule has 0 aliphatic carbocycles. The lowest BCUT2D eigenvalue weighted by atomic mass is 10.0. The number of fused-ring (bicyclic) bond motifs is 1. The number of nitrogens with zero attached hydrogens (tertiary/aromatic N) is 1. The molecule has 3 atom stereocenters. The van der Waals surface area contributed by atoms with Gasteiger partial charge in [-0.15, -0.1) is 11.3 Å². The van der Waals surface area contributed by atoms with E-state index < -0.39 is 40.4 Å². The first-order valence-corrected chi connectivity index (χ1v) is 15.0. The van der Waals surface area contributed by atoms with Crippen LogP contribution in [0.4, 0.5) is 0 Å². The average molecular weight is 642 g/mol. The zero-order valence-corrected chi connectivity index (χ0v) is 24.2. The van der Waals surface area contributed by atoms with Gasteiger partial charge in [-0.2, -0.15) is 0 Å². The normalized spacial score (nSPS) is 20.1. The Bertz CT molecular complexity index is 1520. The maximum Gasteiger partial charge on any atom is 0.353 e. The van der Waals surface area contributed by atoms with Crippen LogP contribution in [0, 0.1) is 0 Å². The van der Waals surface area contributed by atoms with E-state index in [1.54, 1.807) is 36.4 Å². The van der Waals surface area contributed by atoms with Crippen LogP contribution in [0.1, 0.15) is 4.88 Å². The third kappa shape index (κ3) is 5.90. The number of ether oxygens (including phenoxy) is 2. The topological polar surface area (TPSA) is 128 Å². The summed E-state index contributed by atoms with van der Waals surface area (Å²) < 4.78 is 24.9. The van der Waals surface area contributed by atoms with Crippen molar-refractivity contribution in [2.75, 3.05) is 12.4 Å². The molecule has 2 aliphatic heterocycles. The first-order valence-electron chi connectivity index (χ1n) is 11.6. The first kappa shape index (κ1) is 28.6. The highest BCUT2D eigenvalue weighted by molar-refractivity contribution is 7.92. The first-order chi connectivity index (χ1) is 19.1. The zero-order chi connectivity index (χ0) is 28.6. The number of rotatable bonds is 9. The number of amides is 2. The van der Waals surface area contributed by atoms with Crippen molar-refractivity contribution < 1.29 is 33.5 Å². The minimum Gasteiger partial charge on any atom is -0.614 e. The van der Waals surface area contributed by atoms with E-state index in [0.717, 1.165) is 9.78 Å². The summed E-state index contributed by atoms with van der Waals surface area (Å²) in [6.07, 6.45) is 0.0623. The van der Waals surface area contributed by atoms with Gasteiger partial charge in [0.2, 0.25) is 11.3 Å². The molecule has 14 heteroatoms. The van der Waals surface area contributed by atoms with E-state index >= 15 is 0 Å². The molecule has 1 fully saturated rings. The van der Waals surface area contributed by atoms with Gasteiger partial charge in [0.25, 0.3) is 5.91 Å². The fraction of sp³-hybridized carbons (Fsp3) is 0.192. The summed E-state index contributed by atoms with van der Waals surface area (Å²) in [6.45, 7) is -0.315. The molecule has 2 aromatic carbocycles. The van der Waals surface area contributed by atoms with E-state index in [2.05, 4.69) is 5.32 Å². The monoisotopic (exact) mass is 640 g/mol. The van der Waals surface area contributed by atoms with Gasteiger partial charge in [-0.1, -0.05) is 40.9 Å². The quantitative estimate of drug-likeness (QED) is 0.252. The summed E-state index contributed by atoms with van der Waals surface area (Å²) in [6, 6.07) is 11.8. The Labute approximate surface area is 250 Å². The molecule has 2 N–H and O–H groups in total. The fourth-order valence-corrected chi connectivity index (χ4v) is 7.26. The largest absolute Gasteiger partial charge is 0.614 e. The number of β-lactam (4-membered cyclic amide) rings is 1. The van der Waals surface area contributed by atoms with Gasteiger partial charge in [-0.25, -0.2) is 4.79 Å². The fourth-order valence-electron chi connectivity index (χ4n) is 4.28. The summed E-state index contributed by atoms with van der Waals surface area (Å²) in [5.41, 5.74) is -0.196. The highest BCUT2D eigenvalue weighted by Crippen LogP contribution is 2.40. The highest BCUT2D eigenvalue weighted by Gasteiger charge is 2.61. The molecule has 208 valence electrons. The van der Waals surface area contributed by atoms with E-state index in [4.69, 9.17) is 44.3 Å². The Morgan fingerprint density at radius 1 is 1.10 bits per heavy atom. The van der Waals surface area contributed by atoms with Crippen molar-refractivity contribution in [1.29, 1.82) is 0 Å². The number of benzene rings is 2. The Morgan fingerprint density at radius 3 is 2.50 bits per heavy atom. The third-order valence-electron chi connectivity index (χ3n) is 6.06. The van der Waals surface area contributed by atoms with E-state index in [-0.39, 0.29) is 46.6 Å². The maximum absolute atomic E-state index is 13.1. The molecule has 0 saturated carbocycles. The number of carboxylic acid groups (broad SMARTS) is 1. The van der Waals surface area contributed by atoms with Crippen LogP contribution in [0.5, 0.6) is 17.2 Å². The van der Waals surface area contributed by atoms with Gasteiger partial charge >= 0.3 is 5.97 Å². The predicted molar refractivity (Wildman–Crippen MR) is 152 cm³/mol. The molecule has 3 heterocycles. The smallest absolute Gasteiger partial charge is 0.353 e. The number of halogens is 3. The van der Waals surface area contributed by atoms with Crippen molar-refractivity contribution in [3.63, 3.8) is 0 Å². The maximum atomic E-state index is 13.1. The van der Waals surface area contributed by atoms with Gasteiger partial charge < -0.3 is 24.4 Å². The van der Waals surface area contributed by atoms with Crippen LogP contribution in [0.2, 0.25) is 15.1 Å². The van der Waals surface area contributed by atoms with Gasteiger partial charge in [0.15, 0.2) is 17.5 Å². The lowest BCUT2D eigenvalue weighted by Crippen LogP contribution is -2.75. The summed E-state index contributed by atoms with van der Waals surface area (Å²) in [7, 11) is 0. The SMILES string of the molecule is O=C(Cc1cccs1)NC1C(=O)N2C(C(=O)O)=C(COc3cc(Cl)ccc3Oc3ccc(Cl)cc3Cl)C[S+]([O-])[C@H]12. The van der Waals surface area contributed by atoms with E-state index in [1.807, 2.05) is 5.38 Å². The molecule has 0 spiro atoms. The van der Waals surface area contributed by atoms with Gasteiger partial charge in [-0.05, 0) is 53.0 Å². The van der Waals surface area contributed by atoms with Crippen LogP contribution < -0.4 is 14.8 Å². The number of nitrogens with one attached hydrogen (secondary N) is 1. The predicted octanol–water partition coefficient (Wildman–Crippen LogP) is 4.88. The molecular formula is C26H19Cl3N2O7S2. The second kappa shape index (κ2) is 11.9. The van der Waals surface area contributed by atoms with E-state index in [0.29, 0.717) is 15.8 Å². The van der Waals surface area contributed by atoms with Gasteiger partial charge in [0.1, 0.15) is 23.8 Å². The Morgan fingerprint density at radius 2 is 1.82 bits per heavy atom. The third-order valence-corrected chi connectivity index (χ3v) is 9.36. The van der Waals surface area contributed by atoms with Crippen LogP contribution in [-0.2, 0) is 32.0 Å².